The van der Waals surface area contributed by atoms with E-state index in [4.69, 9.17) is 17.0 Å². The van der Waals surface area contributed by atoms with Crippen LogP contribution < -0.4 is 10.2 Å². The van der Waals surface area contributed by atoms with Gasteiger partial charge < -0.3 is 15.0 Å². The third-order valence-corrected chi connectivity index (χ3v) is 6.33. The Morgan fingerprint density at radius 3 is 2.56 bits per heavy atom. The maximum Gasteiger partial charge on any atom is 0.227 e. The van der Waals surface area contributed by atoms with Crippen LogP contribution in [0.25, 0.3) is 0 Å². The molecular weight excluding hydrogens is 418 g/mol. The molecule has 5 nitrogen and oxygen atoms in total. The lowest BCUT2D eigenvalue weighted by molar-refractivity contribution is -0.117. The Morgan fingerprint density at radius 2 is 1.81 bits per heavy atom. The number of ether oxygens (including phenoxy) is 1. The van der Waals surface area contributed by atoms with Gasteiger partial charge in [0.25, 0.3) is 0 Å². The van der Waals surface area contributed by atoms with Crippen LogP contribution in [-0.2, 0) is 22.5 Å². The minimum absolute atomic E-state index is 0.173. The first-order chi connectivity index (χ1) is 15.7. The van der Waals surface area contributed by atoms with Crippen LogP contribution in [0.3, 0.4) is 0 Å². The summed E-state index contributed by atoms with van der Waals surface area (Å²) in [6, 6.07) is 18.8. The minimum atomic E-state index is 0.173. The molecule has 2 aromatic carbocycles. The van der Waals surface area contributed by atoms with Crippen molar-refractivity contribution in [2.75, 3.05) is 37.7 Å². The predicted molar refractivity (Wildman–Crippen MR) is 133 cm³/mol. The number of aryl methyl sites for hydroxylation is 1. The van der Waals surface area contributed by atoms with Crippen LogP contribution >= 0.6 is 12.2 Å². The molecule has 2 aliphatic heterocycles. The minimum Gasteiger partial charge on any atom is -0.379 e. The molecule has 0 bridgehead atoms. The van der Waals surface area contributed by atoms with Crippen molar-refractivity contribution in [1.82, 2.24) is 10.2 Å². The van der Waals surface area contributed by atoms with Gasteiger partial charge in [-0.25, -0.2) is 0 Å². The Kier molecular flexibility index (Phi) is 8.04. The van der Waals surface area contributed by atoms with Crippen molar-refractivity contribution < 1.29 is 9.53 Å². The number of benzene rings is 2. The Hall–Kier alpha value is -2.54. The molecule has 2 saturated heterocycles. The number of amides is 1. The second kappa shape index (κ2) is 11.4. The first-order valence-corrected chi connectivity index (χ1v) is 11.8. The van der Waals surface area contributed by atoms with Crippen molar-refractivity contribution >= 4 is 28.8 Å². The number of morpholine rings is 1. The first kappa shape index (κ1) is 22.6. The number of nitrogens with zero attached hydrogens (tertiary/aromatic N) is 2. The zero-order chi connectivity index (χ0) is 22.2. The van der Waals surface area contributed by atoms with Crippen molar-refractivity contribution in [3.05, 3.63) is 78.0 Å². The topological polar surface area (TPSA) is 44.8 Å². The number of hydrogen-bond acceptors (Lipinski definition) is 4. The zero-order valence-electron chi connectivity index (χ0n) is 18.4. The molecule has 1 amide bonds. The summed E-state index contributed by atoms with van der Waals surface area (Å²) in [5.74, 6) is 0.368. The second-order valence-electron chi connectivity index (χ2n) is 8.44. The van der Waals surface area contributed by atoms with Crippen molar-refractivity contribution in [1.29, 1.82) is 0 Å². The fraction of sp³-hybridized carbons (Fsp3) is 0.385. The van der Waals surface area contributed by atoms with E-state index in [1.165, 1.54) is 11.1 Å². The molecule has 168 valence electrons. The van der Waals surface area contributed by atoms with Gasteiger partial charge in [0, 0.05) is 50.6 Å². The Balaban J connectivity index is 1.23. The summed E-state index contributed by atoms with van der Waals surface area (Å²) in [5, 5.41) is 3.20. The SMILES string of the molecule is O=C1CC(/C=C/NC(=S)CCc2ccccc2)CN1c1ccc(CN2CCOCC2)cc1. The van der Waals surface area contributed by atoms with Crippen molar-refractivity contribution in [3.8, 4) is 0 Å². The van der Waals surface area contributed by atoms with E-state index in [2.05, 4.69) is 52.7 Å². The van der Waals surface area contributed by atoms with E-state index in [0.29, 0.717) is 13.0 Å². The molecular formula is C26H31N3O2S. The number of carbonyl (C=O) groups excluding carboxylic acids is 1. The van der Waals surface area contributed by atoms with Gasteiger partial charge in [-0.3, -0.25) is 9.69 Å². The Morgan fingerprint density at radius 1 is 1.06 bits per heavy atom. The molecule has 0 saturated carbocycles. The van der Waals surface area contributed by atoms with Crippen LogP contribution in [0.4, 0.5) is 5.69 Å². The number of hydrogen-bond donors (Lipinski definition) is 1. The molecule has 1 unspecified atom stereocenters. The summed E-state index contributed by atoms with van der Waals surface area (Å²) >= 11 is 5.44. The molecule has 0 aromatic heterocycles. The molecule has 0 radical (unpaired) electrons. The summed E-state index contributed by atoms with van der Waals surface area (Å²) in [6.07, 6.45) is 6.25. The number of nitrogens with one attached hydrogen (secondary N) is 1. The lowest BCUT2D eigenvalue weighted by Crippen LogP contribution is -2.35. The van der Waals surface area contributed by atoms with Gasteiger partial charge in [0.1, 0.15) is 0 Å². The highest BCUT2D eigenvalue weighted by molar-refractivity contribution is 7.80. The molecule has 0 spiro atoms. The quantitative estimate of drug-likeness (QED) is 0.619. The highest BCUT2D eigenvalue weighted by Crippen LogP contribution is 2.26. The number of carbonyl (C=O) groups is 1. The van der Waals surface area contributed by atoms with E-state index < -0.39 is 0 Å². The number of anilines is 1. The number of thiocarbonyl (C=S) groups is 1. The van der Waals surface area contributed by atoms with Crippen LogP contribution in [0.2, 0.25) is 0 Å². The van der Waals surface area contributed by atoms with Crippen LogP contribution in [-0.4, -0.2) is 48.6 Å². The van der Waals surface area contributed by atoms with Crippen LogP contribution in [0.15, 0.2) is 66.9 Å². The van der Waals surface area contributed by atoms with Crippen LogP contribution in [0.1, 0.15) is 24.0 Å². The largest absolute Gasteiger partial charge is 0.379 e. The maximum absolute atomic E-state index is 12.6. The molecule has 2 fully saturated rings. The fourth-order valence-corrected chi connectivity index (χ4v) is 4.33. The average molecular weight is 450 g/mol. The predicted octanol–water partition coefficient (Wildman–Crippen LogP) is 3.94. The molecule has 2 aliphatic rings. The van der Waals surface area contributed by atoms with E-state index in [1.54, 1.807) is 0 Å². The summed E-state index contributed by atoms with van der Waals surface area (Å²) < 4.78 is 5.41. The van der Waals surface area contributed by atoms with Crippen molar-refractivity contribution in [2.24, 2.45) is 5.92 Å². The number of rotatable bonds is 8. The summed E-state index contributed by atoms with van der Waals surface area (Å²) in [7, 11) is 0. The maximum atomic E-state index is 12.6. The molecule has 4 rings (SSSR count). The highest BCUT2D eigenvalue weighted by Gasteiger charge is 2.29. The van der Waals surface area contributed by atoms with Gasteiger partial charge in [-0.15, -0.1) is 0 Å². The summed E-state index contributed by atoms with van der Waals surface area (Å²) in [4.78, 5) is 17.7. The van der Waals surface area contributed by atoms with E-state index in [0.717, 1.165) is 56.4 Å². The van der Waals surface area contributed by atoms with Crippen molar-refractivity contribution in [2.45, 2.75) is 25.8 Å². The standard InChI is InChI=1S/C26H31N3O2S/c30-26-18-23(12-13-27-25(32)11-8-21-4-2-1-3-5-21)20-29(26)24-9-6-22(7-10-24)19-28-14-16-31-17-15-28/h1-7,9-10,12-13,23H,8,11,14-20H2,(H,27,32)/b13-12+. The lowest BCUT2D eigenvalue weighted by atomic mass is 10.1. The van der Waals surface area contributed by atoms with Gasteiger partial charge in [-0.1, -0.05) is 60.8 Å². The van der Waals surface area contributed by atoms with E-state index >= 15 is 0 Å². The van der Waals surface area contributed by atoms with E-state index in [-0.39, 0.29) is 11.8 Å². The molecule has 32 heavy (non-hydrogen) atoms. The van der Waals surface area contributed by atoms with Gasteiger partial charge in [0.2, 0.25) is 5.91 Å². The van der Waals surface area contributed by atoms with Crippen LogP contribution in [0, 0.1) is 5.92 Å². The molecule has 6 heteroatoms. The van der Waals surface area contributed by atoms with Crippen molar-refractivity contribution in [3.63, 3.8) is 0 Å². The second-order valence-corrected chi connectivity index (χ2v) is 8.93. The van der Waals surface area contributed by atoms with Gasteiger partial charge in [-0.2, -0.15) is 0 Å². The average Bonchev–Trinajstić information content (AvgIpc) is 3.20. The highest BCUT2D eigenvalue weighted by atomic mass is 32.1. The summed E-state index contributed by atoms with van der Waals surface area (Å²) in [6.45, 7) is 5.20. The lowest BCUT2D eigenvalue weighted by Gasteiger charge is -2.26. The third-order valence-electron chi connectivity index (χ3n) is 6.01. The van der Waals surface area contributed by atoms with E-state index in [9.17, 15) is 4.79 Å². The van der Waals surface area contributed by atoms with Crippen LogP contribution in [0.5, 0.6) is 0 Å². The fourth-order valence-electron chi connectivity index (χ4n) is 4.16. The summed E-state index contributed by atoms with van der Waals surface area (Å²) in [5.41, 5.74) is 3.53. The van der Waals surface area contributed by atoms with Gasteiger partial charge >= 0.3 is 0 Å². The molecule has 0 aliphatic carbocycles. The molecule has 2 aromatic rings. The van der Waals surface area contributed by atoms with Gasteiger partial charge in [0.05, 0.1) is 18.2 Å². The molecule has 1 atom stereocenters. The first-order valence-electron chi connectivity index (χ1n) is 11.4. The van der Waals surface area contributed by atoms with Gasteiger partial charge in [0.15, 0.2) is 0 Å². The monoisotopic (exact) mass is 449 g/mol. The third kappa shape index (κ3) is 6.48. The zero-order valence-corrected chi connectivity index (χ0v) is 19.2. The molecule has 1 N–H and O–H groups in total. The van der Waals surface area contributed by atoms with E-state index in [1.807, 2.05) is 29.3 Å². The normalized spacial score (nSPS) is 19.6. The molecule has 2 heterocycles. The Bertz CT molecular complexity index is 924. The smallest absolute Gasteiger partial charge is 0.227 e. The Labute approximate surface area is 196 Å². The van der Waals surface area contributed by atoms with Gasteiger partial charge in [-0.05, 0) is 35.9 Å².